The van der Waals surface area contributed by atoms with Gasteiger partial charge >= 0.3 is 5.97 Å². The number of esters is 1. The van der Waals surface area contributed by atoms with Crippen molar-refractivity contribution >= 4 is 24.1 Å². The molecular formula is C17H18ClNO2. The van der Waals surface area contributed by atoms with Gasteiger partial charge in [-0.1, -0.05) is 48.5 Å². The fourth-order valence-corrected chi connectivity index (χ4v) is 2.44. The summed E-state index contributed by atoms with van der Waals surface area (Å²) >= 11 is 0. The number of para-hydroxylation sites is 1. The largest absolute Gasteiger partial charge is 0.459 e. The third-order valence-electron chi connectivity index (χ3n) is 3.56. The molecule has 0 saturated heterocycles. The highest BCUT2D eigenvalue weighted by atomic mass is 35.5. The van der Waals surface area contributed by atoms with E-state index < -0.39 is 0 Å². The molecule has 1 atom stereocenters. The van der Waals surface area contributed by atoms with Crippen LogP contribution in [-0.4, -0.2) is 12.0 Å². The molecule has 0 radical (unpaired) electrons. The Bertz CT molecular complexity index is 601. The molecule has 3 nitrogen and oxygen atoms in total. The molecule has 1 aliphatic rings. The Labute approximate surface area is 130 Å². The summed E-state index contributed by atoms with van der Waals surface area (Å²) < 4.78 is 5.38. The normalized spacial score (nSPS) is 16.1. The van der Waals surface area contributed by atoms with Gasteiger partial charge in [-0.15, -0.1) is 12.4 Å². The number of ether oxygens (including phenoxy) is 1. The molecule has 4 heteroatoms. The van der Waals surface area contributed by atoms with Crippen LogP contribution in [0.1, 0.15) is 17.5 Å². The van der Waals surface area contributed by atoms with Crippen LogP contribution in [0.25, 0.3) is 0 Å². The average molecular weight is 304 g/mol. The van der Waals surface area contributed by atoms with Crippen molar-refractivity contribution in [1.29, 1.82) is 0 Å². The minimum Gasteiger partial charge on any atom is -0.459 e. The van der Waals surface area contributed by atoms with E-state index in [2.05, 4.69) is 11.4 Å². The van der Waals surface area contributed by atoms with Crippen molar-refractivity contribution in [2.45, 2.75) is 25.5 Å². The zero-order valence-electron chi connectivity index (χ0n) is 11.6. The first-order valence-corrected chi connectivity index (χ1v) is 6.88. The van der Waals surface area contributed by atoms with E-state index in [0.717, 1.165) is 24.1 Å². The van der Waals surface area contributed by atoms with E-state index in [4.69, 9.17) is 4.74 Å². The number of halogens is 1. The van der Waals surface area contributed by atoms with Crippen molar-refractivity contribution in [3.05, 3.63) is 65.7 Å². The molecule has 1 aliphatic heterocycles. The molecule has 3 rings (SSSR count). The molecule has 110 valence electrons. The first-order chi connectivity index (χ1) is 9.83. The summed E-state index contributed by atoms with van der Waals surface area (Å²) in [5, 5.41) is 3.26. The highest BCUT2D eigenvalue weighted by Gasteiger charge is 2.24. The first kappa shape index (κ1) is 15.4. The summed E-state index contributed by atoms with van der Waals surface area (Å²) in [6.45, 7) is 0.333. The topological polar surface area (TPSA) is 38.3 Å². The smallest absolute Gasteiger partial charge is 0.328 e. The van der Waals surface area contributed by atoms with Crippen molar-refractivity contribution in [3.63, 3.8) is 0 Å². The average Bonchev–Trinajstić information content (AvgIpc) is 2.53. The van der Waals surface area contributed by atoms with E-state index in [9.17, 15) is 4.79 Å². The van der Waals surface area contributed by atoms with Crippen LogP contribution in [0, 0.1) is 0 Å². The number of nitrogens with one attached hydrogen (secondary N) is 1. The Morgan fingerprint density at radius 2 is 1.81 bits per heavy atom. The molecule has 21 heavy (non-hydrogen) atoms. The van der Waals surface area contributed by atoms with E-state index in [-0.39, 0.29) is 24.4 Å². The number of carbonyl (C=O) groups excluding carboxylic acids is 1. The predicted molar refractivity (Wildman–Crippen MR) is 85.7 cm³/mol. The summed E-state index contributed by atoms with van der Waals surface area (Å²) in [6, 6.07) is 17.6. The third kappa shape index (κ3) is 3.76. The molecule has 0 aromatic heterocycles. The second kappa shape index (κ2) is 7.14. The Morgan fingerprint density at radius 3 is 2.62 bits per heavy atom. The molecule has 1 heterocycles. The van der Waals surface area contributed by atoms with Gasteiger partial charge < -0.3 is 10.1 Å². The molecule has 0 amide bonds. The van der Waals surface area contributed by atoms with E-state index >= 15 is 0 Å². The maximum Gasteiger partial charge on any atom is 0.328 e. The highest BCUT2D eigenvalue weighted by molar-refractivity contribution is 5.85. The van der Waals surface area contributed by atoms with Gasteiger partial charge in [-0.05, 0) is 30.0 Å². The SMILES string of the molecule is Cl.O=C(OCc1ccccc1)C1CCc2ccccc2N1. The van der Waals surface area contributed by atoms with Crippen LogP contribution in [-0.2, 0) is 22.6 Å². The van der Waals surface area contributed by atoms with Crippen molar-refractivity contribution in [2.24, 2.45) is 0 Å². The third-order valence-corrected chi connectivity index (χ3v) is 3.56. The summed E-state index contributed by atoms with van der Waals surface area (Å²) in [5.41, 5.74) is 3.32. The first-order valence-electron chi connectivity index (χ1n) is 6.88. The minimum atomic E-state index is -0.242. The molecule has 1 N–H and O–H groups in total. The van der Waals surface area contributed by atoms with Gasteiger partial charge in [0.2, 0.25) is 0 Å². The fraction of sp³-hybridized carbons (Fsp3) is 0.235. The van der Waals surface area contributed by atoms with Crippen LogP contribution in [0.3, 0.4) is 0 Å². The minimum absolute atomic E-state index is 0. The van der Waals surface area contributed by atoms with E-state index in [1.54, 1.807) is 0 Å². The maximum absolute atomic E-state index is 12.1. The number of aryl methyl sites for hydroxylation is 1. The van der Waals surface area contributed by atoms with Gasteiger partial charge in [-0.3, -0.25) is 0 Å². The van der Waals surface area contributed by atoms with E-state index in [1.165, 1.54) is 5.56 Å². The molecule has 0 bridgehead atoms. The monoisotopic (exact) mass is 303 g/mol. The van der Waals surface area contributed by atoms with Crippen LogP contribution >= 0.6 is 12.4 Å². The molecule has 1 unspecified atom stereocenters. The summed E-state index contributed by atoms with van der Waals surface area (Å²) in [7, 11) is 0. The van der Waals surface area contributed by atoms with Gasteiger partial charge in [-0.2, -0.15) is 0 Å². The van der Waals surface area contributed by atoms with Crippen molar-refractivity contribution in [1.82, 2.24) is 0 Å². The van der Waals surface area contributed by atoms with Gasteiger partial charge in [0, 0.05) is 5.69 Å². The van der Waals surface area contributed by atoms with E-state index in [1.807, 2.05) is 48.5 Å². The van der Waals surface area contributed by atoms with Crippen LogP contribution in [0.15, 0.2) is 54.6 Å². The summed E-state index contributed by atoms with van der Waals surface area (Å²) in [4.78, 5) is 12.1. The zero-order chi connectivity index (χ0) is 13.8. The standard InChI is InChI=1S/C17H17NO2.ClH/c19-17(20-12-13-6-2-1-3-7-13)16-11-10-14-8-4-5-9-15(14)18-16;/h1-9,16,18H,10-12H2;1H. The maximum atomic E-state index is 12.1. The lowest BCUT2D eigenvalue weighted by Gasteiger charge is -2.25. The number of rotatable bonds is 3. The highest BCUT2D eigenvalue weighted by Crippen LogP contribution is 2.24. The fourth-order valence-electron chi connectivity index (χ4n) is 2.44. The second-order valence-corrected chi connectivity index (χ2v) is 4.99. The Balaban J connectivity index is 0.00000161. The lowest BCUT2D eigenvalue weighted by Crippen LogP contribution is -2.34. The number of fused-ring (bicyclic) bond motifs is 1. The van der Waals surface area contributed by atoms with Crippen LogP contribution in [0.5, 0.6) is 0 Å². The number of hydrogen-bond donors (Lipinski definition) is 1. The Hall–Kier alpha value is -2.00. The lowest BCUT2D eigenvalue weighted by atomic mass is 9.98. The van der Waals surface area contributed by atoms with Crippen molar-refractivity contribution in [3.8, 4) is 0 Å². The lowest BCUT2D eigenvalue weighted by molar-refractivity contribution is -0.146. The van der Waals surface area contributed by atoms with Crippen LogP contribution in [0.2, 0.25) is 0 Å². The molecule has 2 aromatic rings. The summed E-state index contributed by atoms with van der Waals surface area (Å²) in [6.07, 6.45) is 1.69. The number of carbonyl (C=O) groups is 1. The summed E-state index contributed by atoms with van der Waals surface area (Å²) in [5.74, 6) is -0.177. The van der Waals surface area contributed by atoms with Gasteiger partial charge in [0.25, 0.3) is 0 Å². The Kier molecular flexibility index (Phi) is 5.23. The second-order valence-electron chi connectivity index (χ2n) is 4.99. The number of benzene rings is 2. The van der Waals surface area contributed by atoms with E-state index in [0.29, 0.717) is 6.61 Å². The van der Waals surface area contributed by atoms with Gasteiger partial charge in [0.15, 0.2) is 0 Å². The van der Waals surface area contributed by atoms with Gasteiger partial charge in [0.05, 0.1) is 0 Å². The van der Waals surface area contributed by atoms with Crippen molar-refractivity contribution in [2.75, 3.05) is 5.32 Å². The van der Waals surface area contributed by atoms with Gasteiger partial charge in [0.1, 0.15) is 12.6 Å². The molecule has 2 aromatic carbocycles. The quantitative estimate of drug-likeness (QED) is 0.881. The van der Waals surface area contributed by atoms with Crippen LogP contribution in [0.4, 0.5) is 5.69 Å². The molecule has 0 aliphatic carbocycles. The zero-order valence-corrected chi connectivity index (χ0v) is 12.4. The number of anilines is 1. The molecule has 0 saturated carbocycles. The molecule has 0 spiro atoms. The molecular weight excluding hydrogens is 286 g/mol. The van der Waals surface area contributed by atoms with Gasteiger partial charge in [-0.25, -0.2) is 4.79 Å². The Morgan fingerprint density at radius 1 is 1.10 bits per heavy atom. The molecule has 0 fully saturated rings. The number of hydrogen-bond acceptors (Lipinski definition) is 3. The van der Waals surface area contributed by atoms with Crippen molar-refractivity contribution < 1.29 is 9.53 Å². The van der Waals surface area contributed by atoms with Crippen LogP contribution < -0.4 is 5.32 Å². The predicted octanol–water partition coefficient (Wildman–Crippen LogP) is 3.58.